The second-order valence-corrected chi connectivity index (χ2v) is 5.94. The molecule has 3 aromatic rings. The smallest absolute Gasteiger partial charge is 0.417 e. The molecule has 7 heteroatoms. The molecule has 0 saturated heterocycles. The van der Waals surface area contributed by atoms with Crippen molar-refractivity contribution in [3.63, 3.8) is 0 Å². The summed E-state index contributed by atoms with van der Waals surface area (Å²) in [5.74, 6) is -1.68. The zero-order valence-corrected chi connectivity index (χ0v) is 14.4. The lowest BCUT2D eigenvalue weighted by Gasteiger charge is -2.11. The Morgan fingerprint density at radius 2 is 1.78 bits per heavy atom. The summed E-state index contributed by atoms with van der Waals surface area (Å²) >= 11 is 0. The Morgan fingerprint density at radius 1 is 1.04 bits per heavy atom. The monoisotopic (exact) mass is 375 g/mol. The zero-order chi connectivity index (χ0) is 19.6. The fourth-order valence-electron chi connectivity index (χ4n) is 2.94. The lowest BCUT2D eigenvalue weighted by atomic mass is 10.1. The van der Waals surface area contributed by atoms with E-state index in [4.69, 9.17) is 4.74 Å². The Balaban J connectivity index is 1.78. The van der Waals surface area contributed by atoms with E-state index in [9.17, 15) is 22.8 Å². The minimum atomic E-state index is -4.69. The number of Topliss-reactive ketones (excluding diaryl/α,β-unsaturated/α-hetero) is 1. The van der Waals surface area contributed by atoms with Crippen molar-refractivity contribution >= 4 is 22.7 Å². The van der Waals surface area contributed by atoms with E-state index in [2.05, 4.69) is 4.98 Å². The van der Waals surface area contributed by atoms with E-state index >= 15 is 0 Å². The van der Waals surface area contributed by atoms with Gasteiger partial charge >= 0.3 is 12.1 Å². The molecule has 1 N–H and O–H groups in total. The predicted molar refractivity (Wildman–Crippen MR) is 93.7 cm³/mol. The topological polar surface area (TPSA) is 59.2 Å². The third-order valence-electron chi connectivity index (χ3n) is 4.27. The molecule has 1 aromatic heterocycles. The van der Waals surface area contributed by atoms with Crippen LogP contribution in [0.1, 0.15) is 38.8 Å². The van der Waals surface area contributed by atoms with Gasteiger partial charge in [-0.3, -0.25) is 4.79 Å². The van der Waals surface area contributed by atoms with E-state index in [-0.39, 0.29) is 0 Å². The number of aromatic amines is 1. The highest BCUT2D eigenvalue weighted by atomic mass is 19.4. The number of rotatable bonds is 5. The molecule has 4 nitrogen and oxygen atoms in total. The summed E-state index contributed by atoms with van der Waals surface area (Å²) in [6.07, 6.45) is -2.40. The second-order valence-electron chi connectivity index (χ2n) is 5.94. The number of carbonyl (C=O) groups is 2. The standard InChI is InChI=1S/C20H16F3NO3/c1-2-12-6-5-8-13-15(10-24-18(12)13)17(25)11-27-19(26)14-7-3-4-9-16(14)20(21,22)23/h3-10,24H,2,11H2,1H3. The first-order valence-corrected chi connectivity index (χ1v) is 8.28. The van der Waals surface area contributed by atoms with Crippen molar-refractivity contribution < 1.29 is 27.5 Å². The lowest BCUT2D eigenvalue weighted by Crippen LogP contribution is -2.18. The molecule has 0 unspecified atom stereocenters. The van der Waals surface area contributed by atoms with Crippen LogP contribution in [0.3, 0.4) is 0 Å². The van der Waals surface area contributed by atoms with Crippen LogP contribution in [0.15, 0.2) is 48.7 Å². The van der Waals surface area contributed by atoms with Crippen LogP contribution in [0.25, 0.3) is 10.9 Å². The van der Waals surface area contributed by atoms with Crippen LogP contribution in [0.4, 0.5) is 13.2 Å². The van der Waals surface area contributed by atoms with Gasteiger partial charge in [0.25, 0.3) is 0 Å². The average Bonchev–Trinajstić information content (AvgIpc) is 3.09. The molecule has 0 aliphatic rings. The molecule has 1 heterocycles. The van der Waals surface area contributed by atoms with Crippen LogP contribution in [0.2, 0.25) is 0 Å². The summed E-state index contributed by atoms with van der Waals surface area (Å²) in [6.45, 7) is 1.34. The second kappa shape index (κ2) is 7.26. The third kappa shape index (κ3) is 3.72. The number of aryl methyl sites for hydroxylation is 1. The summed E-state index contributed by atoms with van der Waals surface area (Å²) in [4.78, 5) is 27.5. The SMILES string of the molecule is CCc1cccc2c(C(=O)COC(=O)c3ccccc3C(F)(F)F)c[nH]c12. The van der Waals surface area contributed by atoms with Crippen molar-refractivity contribution in [2.24, 2.45) is 0 Å². The van der Waals surface area contributed by atoms with Crippen molar-refractivity contribution in [3.05, 3.63) is 70.9 Å². The average molecular weight is 375 g/mol. The van der Waals surface area contributed by atoms with Gasteiger partial charge in [-0.1, -0.05) is 37.3 Å². The number of esters is 1. The molecule has 0 radical (unpaired) electrons. The van der Waals surface area contributed by atoms with E-state index in [1.165, 1.54) is 18.3 Å². The number of benzene rings is 2. The molecular formula is C20H16F3NO3. The number of carbonyl (C=O) groups excluding carboxylic acids is 2. The molecule has 0 spiro atoms. The highest BCUT2D eigenvalue weighted by molar-refractivity contribution is 6.09. The molecule has 0 aliphatic carbocycles. The molecule has 140 valence electrons. The number of ketones is 1. The Morgan fingerprint density at radius 3 is 2.48 bits per heavy atom. The summed E-state index contributed by atoms with van der Waals surface area (Å²) in [5.41, 5.74) is 0.462. The van der Waals surface area contributed by atoms with Gasteiger partial charge in [-0.15, -0.1) is 0 Å². The van der Waals surface area contributed by atoms with Crippen molar-refractivity contribution in [2.75, 3.05) is 6.61 Å². The maximum absolute atomic E-state index is 13.0. The molecule has 2 aromatic carbocycles. The Bertz CT molecular complexity index is 1010. The predicted octanol–water partition coefficient (Wildman–Crippen LogP) is 4.79. The highest BCUT2D eigenvalue weighted by Crippen LogP contribution is 2.32. The summed E-state index contributed by atoms with van der Waals surface area (Å²) in [5, 5.41) is 0.686. The summed E-state index contributed by atoms with van der Waals surface area (Å²) in [6, 6.07) is 9.82. The highest BCUT2D eigenvalue weighted by Gasteiger charge is 2.35. The van der Waals surface area contributed by atoms with Crippen LogP contribution in [-0.4, -0.2) is 23.3 Å². The van der Waals surface area contributed by atoms with E-state index in [1.54, 1.807) is 6.07 Å². The maximum Gasteiger partial charge on any atom is 0.417 e. The van der Waals surface area contributed by atoms with Crippen molar-refractivity contribution in [1.29, 1.82) is 0 Å². The first kappa shape index (κ1) is 18.7. The molecule has 0 aliphatic heterocycles. The Labute approximate surface area is 153 Å². The first-order chi connectivity index (χ1) is 12.8. The molecule has 0 bridgehead atoms. The molecule has 3 rings (SSSR count). The number of aromatic nitrogens is 1. The van der Waals surface area contributed by atoms with Crippen LogP contribution in [0.5, 0.6) is 0 Å². The van der Waals surface area contributed by atoms with Crippen LogP contribution in [0, 0.1) is 0 Å². The molecule has 27 heavy (non-hydrogen) atoms. The van der Waals surface area contributed by atoms with Gasteiger partial charge in [0, 0.05) is 22.7 Å². The number of alkyl halides is 3. The minimum Gasteiger partial charge on any atom is -0.454 e. The molecule has 0 fully saturated rings. The number of fused-ring (bicyclic) bond motifs is 1. The number of hydrogen-bond acceptors (Lipinski definition) is 3. The van der Waals surface area contributed by atoms with Crippen LogP contribution >= 0.6 is 0 Å². The normalized spacial score (nSPS) is 11.6. The number of ether oxygens (including phenoxy) is 1. The van der Waals surface area contributed by atoms with E-state index in [0.717, 1.165) is 29.6 Å². The van der Waals surface area contributed by atoms with Gasteiger partial charge in [-0.05, 0) is 24.1 Å². The number of halogens is 3. The number of hydrogen-bond donors (Lipinski definition) is 1. The fourth-order valence-corrected chi connectivity index (χ4v) is 2.94. The third-order valence-corrected chi connectivity index (χ3v) is 4.27. The number of para-hydroxylation sites is 1. The first-order valence-electron chi connectivity index (χ1n) is 8.28. The van der Waals surface area contributed by atoms with Gasteiger partial charge in [-0.25, -0.2) is 4.79 Å². The van der Waals surface area contributed by atoms with Gasteiger partial charge in [-0.2, -0.15) is 13.2 Å². The number of H-pyrrole nitrogens is 1. The molecular weight excluding hydrogens is 359 g/mol. The maximum atomic E-state index is 13.0. The lowest BCUT2D eigenvalue weighted by molar-refractivity contribution is -0.138. The summed E-state index contributed by atoms with van der Waals surface area (Å²) in [7, 11) is 0. The molecule has 0 saturated carbocycles. The van der Waals surface area contributed by atoms with Crippen molar-refractivity contribution in [1.82, 2.24) is 4.98 Å². The number of nitrogens with one attached hydrogen (secondary N) is 1. The van der Waals surface area contributed by atoms with Gasteiger partial charge in [0.15, 0.2) is 6.61 Å². The van der Waals surface area contributed by atoms with E-state index in [0.29, 0.717) is 10.9 Å². The Hall–Kier alpha value is -3.09. The van der Waals surface area contributed by atoms with Gasteiger partial charge in [0.2, 0.25) is 5.78 Å². The van der Waals surface area contributed by atoms with Gasteiger partial charge in [0.05, 0.1) is 11.1 Å². The summed E-state index contributed by atoms with van der Waals surface area (Å²) < 4.78 is 43.8. The van der Waals surface area contributed by atoms with Gasteiger partial charge in [0.1, 0.15) is 0 Å². The minimum absolute atomic E-state index is 0.331. The largest absolute Gasteiger partial charge is 0.454 e. The van der Waals surface area contributed by atoms with Gasteiger partial charge < -0.3 is 9.72 Å². The quantitative estimate of drug-likeness (QED) is 0.515. The van der Waals surface area contributed by atoms with Crippen LogP contribution in [-0.2, 0) is 17.3 Å². The van der Waals surface area contributed by atoms with Crippen molar-refractivity contribution in [3.8, 4) is 0 Å². The zero-order valence-electron chi connectivity index (χ0n) is 14.4. The molecule has 0 amide bonds. The van der Waals surface area contributed by atoms with E-state index < -0.39 is 35.7 Å². The fraction of sp³-hybridized carbons (Fsp3) is 0.200. The van der Waals surface area contributed by atoms with Crippen LogP contribution < -0.4 is 0 Å². The Kier molecular flexibility index (Phi) is 5.03. The molecule has 0 atom stereocenters. The van der Waals surface area contributed by atoms with Crippen molar-refractivity contribution in [2.45, 2.75) is 19.5 Å². The van der Waals surface area contributed by atoms with E-state index in [1.807, 2.05) is 19.1 Å².